The molecule has 1 aromatic heterocycles. The third kappa shape index (κ3) is 3.25. The number of benzene rings is 1. The van der Waals surface area contributed by atoms with E-state index in [4.69, 9.17) is 23.2 Å². The smallest absolute Gasteiger partial charge is 0.101 e. The molecule has 18 heavy (non-hydrogen) atoms. The highest BCUT2D eigenvalue weighted by Crippen LogP contribution is 2.23. The molecule has 6 heteroatoms. The molecule has 3 nitrogen and oxygen atoms in total. The maximum atomic E-state index is 6.16. The van der Waals surface area contributed by atoms with Crippen LogP contribution in [-0.4, -0.2) is 15.0 Å². The second-order valence-corrected chi connectivity index (χ2v) is 5.80. The second kappa shape index (κ2) is 6.04. The molecule has 0 fully saturated rings. The van der Waals surface area contributed by atoms with Gasteiger partial charge in [0, 0.05) is 9.50 Å². The summed E-state index contributed by atoms with van der Waals surface area (Å²) in [5, 5.41) is 8.74. The van der Waals surface area contributed by atoms with Crippen LogP contribution in [0.5, 0.6) is 0 Å². The largest absolute Gasteiger partial charge is 0.248 e. The third-order valence-electron chi connectivity index (χ3n) is 2.58. The maximum absolute atomic E-state index is 6.16. The van der Waals surface area contributed by atoms with Gasteiger partial charge < -0.3 is 0 Å². The Kier molecular flexibility index (Phi) is 4.65. The maximum Gasteiger partial charge on any atom is 0.101 e. The molecule has 1 atom stereocenters. The van der Waals surface area contributed by atoms with Gasteiger partial charge in [0.2, 0.25) is 0 Å². The Morgan fingerprint density at radius 2 is 2.22 bits per heavy atom. The number of halogens is 3. The summed E-state index contributed by atoms with van der Waals surface area (Å²) in [4.78, 5) is 0. The van der Waals surface area contributed by atoms with Crippen LogP contribution in [0, 0.1) is 0 Å². The Balaban J connectivity index is 2.16. The summed E-state index contributed by atoms with van der Waals surface area (Å²) in [6, 6.07) is 5.78. The van der Waals surface area contributed by atoms with Crippen molar-refractivity contribution in [1.29, 1.82) is 0 Å². The van der Waals surface area contributed by atoms with Crippen molar-refractivity contribution in [2.75, 3.05) is 0 Å². The van der Waals surface area contributed by atoms with Crippen molar-refractivity contribution in [2.24, 2.45) is 0 Å². The van der Waals surface area contributed by atoms with Gasteiger partial charge in [-0.3, -0.25) is 0 Å². The van der Waals surface area contributed by atoms with E-state index >= 15 is 0 Å². The fourth-order valence-corrected chi connectivity index (χ4v) is 2.40. The zero-order chi connectivity index (χ0) is 13.1. The summed E-state index contributed by atoms with van der Waals surface area (Å²) in [6.45, 7) is 2.61. The predicted molar refractivity (Wildman–Crippen MR) is 77.2 cm³/mol. The standard InChI is InChI=1S/C12H12BrCl2N3/c1-2-10(14)12-7-18(17-16-12)6-8-3-4-9(13)5-11(8)15/h3-5,7,10H,2,6H2,1H3. The van der Waals surface area contributed by atoms with E-state index in [9.17, 15) is 0 Å². The van der Waals surface area contributed by atoms with Crippen LogP contribution >= 0.6 is 39.1 Å². The Labute approximate surface area is 124 Å². The first-order valence-corrected chi connectivity index (χ1v) is 7.19. The van der Waals surface area contributed by atoms with E-state index in [0.29, 0.717) is 11.6 Å². The van der Waals surface area contributed by atoms with E-state index in [1.54, 1.807) is 4.68 Å². The lowest BCUT2D eigenvalue weighted by atomic mass is 10.2. The molecule has 0 spiro atoms. The molecule has 0 saturated heterocycles. The number of hydrogen-bond acceptors (Lipinski definition) is 2. The van der Waals surface area contributed by atoms with E-state index in [0.717, 1.165) is 22.2 Å². The lowest BCUT2D eigenvalue weighted by molar-refractivity contribution is 0.649. The summed E-state index contributed by atoms with van der Waals surface area (Å²) < 4.78 is 2.71. The molecule has 2 aromatic rings. The van der Waals surface area contributed by atoms with E-state index in [1.165, 1.54) is 0 Å². The van der Waals surface area contributed by atoms with Gasteiger partial charge in [0.05, 0.1) is 18.1 Å². The molecule has 1 aromatic carbocycles. The van der Waals surface area contributed by atoms with Crippen molar-refractivity contribution in [3.05, 3.63) is 45.1 Å². The minimum Gasteiger partial charge on any atom is -0.248 e. The molecule has 1 heterocycles. The number of hydrogen-bond donors (Lipinski definition) is 0. The Morgan fingerprint density at radius 3 is 2.89 bits per heavy atom. The van der Waals surface area contributed by atoms with Gasteiger partial charge in [-0.1, -0.05) is 45.7 Å². The van der Waals surface area contributed by atoms with Crippen LogP contribution in [0.1, 0.15) is 30.0 Å². The van der Waals surface area contributed by atoms with Crippen LogP contribution in [0.15, 0.2) is 28.9 Å². The molecular formula is C12H12BrCl2N3. The van der Waals surface area contributed by atoms with Gasteiger partial charge in [-0.2, -0.15) is 0 Å². The van der Waals surface area contributed by atoms with Crippen LogP contribution in [0.3, 0.4) is 0 Å². The topological polar surface area (TPSA) is 30.7 Å². The lowest BCUT2D eigenvalue weighted by Crippen LogP contribution is -2.01. The minimum absolute atomic E-state index is 0.0841. The molecule has 1 unspecified atom stereocenters. The average molecular weight is 349 g/mol. The number of rotatable bonds is 4. The Bertz CT molecular complexity index is 542. The third-order valence-corrected chi connectivity index (χ3v) is 3.96. The highest BCUT2D eigenvalue weighted by Gasteiger charge is 2.10. The Morgan fingerprint density at radius 1 is 1.44 bits per heavy atom. The van der Waals surface area contributed by atoms with Crippen LogP contribution < -0.4 is 0 Å². The molecule has 0 aliphatic rings. The zero-order valence-electron chi connectivity index (χ0n) is 9.78. The zero-order valence-corrected chi connectivity index (χ0v) is 12.9. The molecule has 0 radical (unpaired) electrons. The van der Waals surface area contributed by atoms with Gasteiger partial charge in [0.15, 0.2) is 0 Å². The van der Waals surface area contributed by atoms with Gasteiger partial charge in [-0.15, -0.1) is 16.7 Å². The minimum atomic E-state index is -0.0841. The molecule has 2 rings (SSSR count). The molecule has 96 valence electrons. The number of aromatic nitrogens is 3. The Hall–Kier alpha value is -0.580. The van der Waals surface area contributed by atoms with E-state index in [1.807, 2.05) is 31.3 Å². The van der Waals surface area contributed by atoms with Crippen molar-refractivity contribution < 1.29 is 0 Å². The molecule has 0 saturated carbocycles. The normalized spacial score (nSPS) is 12.7. The first-order chi connectivity index (χ1) is 8.60. The van der Waals surface area contributed by atoms with E-state index in [-0.39, 0.29) is 5.38 Å². The van der Waals surface area contributed by atoms with Gasteiger partial charge in [-0.05, 0) is 24.1 Å². The van der Waals surface area contributed by atoms with Crippen molar-refractivity contribution in [2.45, 2.75) is 25.3 Å². The summed E-state index contributed by atoms with van der Waals surface area (Å²) in [5.74, 6) is 0. The van der Waals surface area contributed by atoms with Crippen LogP contribution in [0.2, 0.25) is 5.02 Å². The molecule has 0 N–H and O–H groups in total. The van der Waals surface area contributed by atoms with Gasteiger partial charge in [-0.25, -0.2) is 4.68 Å². The molecule has 0 aliphatic heterocycles. The first-order valence-electron chi connectivity index (χ1n) is 5.58. The van der Waals surface area contributed by atoms with Crippen molar-refractivity contribution in [3.8, 4) is 0 Å². The lowest BCUT2D eigenvalue weighted by Gasteiger charge is -2.04. The predicted octanol–water partition coefficient (Wildman–Crippen LogP) is 4.43. The van der Waals surface area contributed by atoms with Gasteiger partial charge in [0.25, 0.3) is 0 Å². The summed E-state index contributed by atoms with van der Waals surface area (Å²) >= 11 is 15.6. The fraction of sp³-hybridized carbons (Fsp3) is 0.333. The van der Waals surface area contributed by atoms with Gasteiger partial charge >= 0.3 is 0 Å². The van der Waals surface area contributed by atoms with Crippen LogP contribution in [0.25, 0.3) is 0 Å². The highest BCUT2D eigenvalue weighted by atomic mass is 79.9. The molecule has 0 amide bonds. The summed E-state index contributed by atoms with van der Waals surface area (Å²) in [5.41, 5.74) is 1.80. The SMILES string of the molecule is CCC(Cl)c1cn(Cc2ccc(Br)cc2Cl)nn1. The summed E-state index contributed by atoms with van der Waals surface area (Å²) in [6.07, 6.45) is 2.69. The number of alkyl halides is 1. The van der Waals surface area contributed by atoms with Crippen molar-refractivity contribution in [3.63, 3.8) is 0 Å². The van der Waals surface area contributed by atoms with E-state index in [2.05, 4.69) is 26.2 Å². The average Bonchev–Trinajstić information content (AvgIpc) is 2.80. The van der Waals surface area contributed by atoms with Crippen LogP contribution in [-0.2, 0) is 6.54 Å². The second-order valence-electron chi connectivity index (χ2n) is 3.95. The molecule has 0 aliphatic carbocycles. The first kappa shape index (κ1) is 13.8. The quantitative estimate of drug-likeness (QED) is 0.765. The molecule has 0 bridgehead atoms. The summed E-state index contributed by atoms with van der Waals surface area (Å²) in [7, 11) is 0. The highest BCUT2D eigenvalue weighted by molar-refractivity contribution is 9.10. The number of nitrogens with zero attached hydrogens (tertiary/aromatic N) is 3. The van der Waals surface area contributed by atoms with Crippen LogP contribution in [0.4, 0.5) is 0 Å². The fourth-order valence-electron chi connectivity index (χ4n) is 1.57. The van der Waals surface area contributed by atoms with Crippen molar-refractivity contribution >= 4 is 39.1 Å². The monoisotopic (exact) mass is 347 g/mol. The molecular weight excluding hydrogens is 337 g/mol. The van der Waals surface area contributed by atoms with Crippen molar-refractivity contribution in [1.82, 2.24) is 15.0 Å². The van der Waals surface area contributed by atoms with E-state index < -0.39 is 0 Å². The van der Waals surface area contributed by atoms with Gasteiger partial charge in [0.1, 0.15) is 5.69 Å².